The highest BCUT2D eigenvalue weighted by atomic mass is 19.2. The van der Waals surface area contributed by atoms with Crippen molar-refractivity contribution >= 4 is 5.96 Å². The van der Waals surface area contributed by atoms with Gasteiger partial charge in [0.1, 0.15) is 5.82 Å². The van der Waals surface area contributed by atoms with Crippen LogP contribution in [0.5, 0.6) is 0 Å². The van der Waals surface area contributed by atoms with Crippen LogP contribution in [0.1, 0.15) is 36.6 Å². The van der Waals surface area contributed by atoms with Gasteiger partial charge in [-0.25, -0.2) is 18.2 Å². The van der Waals surface area contributed by atoms with E-state index in [2.05, 4.69) is 15.6 Å². The number of nitrogens with zero attached hydrogens (tertiary/aromatic N) is 1. The maximum atomic E-state index is 13.7. The van der Waals surface area contributed by atoms with Gasteiger partial charge in [0.15, 0.2) is 17.6 Å². The average Bonchev–Trinajstić information content (AvgIpc) is 2.64. The lowest BCUT2D eigenvalue weighted by atomic mass is 10.1. The number of ether oxygens (including phenoxy) is 1. The summed E-state index contributed by atoms with van der Waals surface area (Å²) >= 11 is 0. The summed E-state index contributed by atoms with van der Waals surface area (Å²) in [6.07, 6.45) is 0. The summed E-state index contributed by atoms with van der Waals surface area (Å²) < 4.78 is 45.2. The van der Waals surface area contributed by atoms with Crippen molar-refractivity contribution in [2.45, 2.75) is 33.0 Å². The Morgan fingerprint density at radius 2 is 1.81 bits per heavy atom. The molecular weight excluding hydrogens is 355 g/mol. The van der Waals surface area contributed by atoms with Crippen LogP contribution in [-0.4, -0.2) is 19.6 Å². The SMILES string of the molecule is CCNC(=NCc1ccc(F)c(COC)c1)NC(C)c1ccc(F)c(F)c1. The highest BCUT2D eigenvalue weighted by Gasteiger charge is 2.11. The van der Waals surface area contributed by atoms with Crippen molar-refractivity contribution in [3.8, 4) is 0 Å². The first-order valence-corrected chi connectivity index (χ1v) is 8.70. The van der Waals surface area contributed by atoms with Gasteiger partial charge in [0.2, 0.25) is 0 Å². The fraction of sp³-hybridized carbons (Fsp3) is 0.350. The quantitative estimate of drug-likeness (QED) is 0.563. The molecule has 0 radical (unpaired) electrons. The van der Waals surface area contributed by atoms with Crippen molar-refractivity contribution in [1.29, 1.82) is 0 Å². The molecule has 27 heavy (non-hydrogen) atoms. The van der Waals surface area contributed by atoms with Gasteiger partial charge in [0.25, 0.3) is 0 Å². The van der Waals surface area contributed by atoms with Crippen molar-refractivity contribution in [2.24, 2.45) is 4.99 Å². The molecule has 2 N–H and O–H groups in total. The van der Waals surface area contributed by atoms with Gasteiger partial charge in [-0.3, -0.25) is 0 Å². The molecule has 0 aliphatic rings. The van der Waals surface area contributed by atoms with Crippen LogP contribution in [-0.2, 0) is 17.9 Å². The molecule has 4 nitrogen and oxygen atoms in total. The van der Waals surface area contributed by atoms with Gasteiger partial charge in [0, 0.05) is 19.2 Å². The lowest BCUT2D eigenvalue weighted by Crippen LogP contribution is -2.38. The molecule has 0 aliphatic heterocycles. The Kier molecular flexibility index (Phi) is 7.67. The van der Waals surface area contributed by atoms with Crippen LogP contribution in [0.3, 0.4) is 0 Å². The van der Waals surface area contributed by atoms with Crippen LogP contribution >= 0.6 is 0 Å². The maximum Gasteiger partial charge on any atom is 0.192 e. The molecule has 0 spiro atoms. The van der Waals surface area contributed by atoms with Crippen LogP contribution in [0.4, 0.5) is 13.2 Å². The Hall–Kier alpha value is -2.54. The number of aliphatic imine (C=N–C) groups is 1. The predicted molar refractivity (Wildman–Crippen MR) is 99.8 cm³/mol. The minimum Gasteiger partial charge on any atom is -0.380 e. The first kappa shape index (κ1) is 20.8. The van der Waals surface area contributed by atoms with Crippen LogP contribution in [0.15, 0.2) is 41.4 Å². The minimum atomic E-state index is -0.889. The molecule has 2 rings (SSSR count). The predicted octanol–water partition coefficient (Wildman–Crippen LogP) is 4.07. The van der Waals surface area contributed by atoms with E-state index in [1.807, 2.05) is 13.8 Å². The van der Waals surface area contributed by atoms with Crippen LogP contribution in [0.2, 0.25) is 0 Å². The first-order valence-electron chi connectivity index (χ1n) is 8.70. The van der Waals surface area contributed by atoms with Crippen molar-refractivity contribution < 1.29 is 17.9 Å². The number of halogens is 3. The van der Waals surface area contributed by atoms with Crippen LogP contribution < -0.4 is 10.6 Å². The maximum absolute atomic E-state index is 13.7. The third-order valence-electron chi connectivity index (χ3n) is 3.97. The molecule has 0 aliphatic carbocycles. The molecule has 0 heterocycles. The summed E-state index contributed by atoms with van der Waals surface area (Å²) in [5.41, 5.74) is 1.91. The van der Waals surface area contributed by atoms with Gasteiger partial charge in [-0.15, -0.1) is 0 Å². The van der Waals surface area contributed by atoms with E-state index in [-0.39, 0.29) is 18.5 Å². The molecule has 0 bridgehead atoms. The molecule has 7 heteroatoms. The number of benzene rings is 2. The Labute approximate surface area is 157 Å². The number of nitrogens with one attached hydrogen (secondary N) is 2. The number of guanidine groups is 1. The second-order valence-corrected chi connectivity index (χ2v) is 6.09. The summed E-state index contributed by atoms with van der Waals surface area (Å²) in [7, 11) is 1.51. The molecule has 0 fully saturated rings. The number of hydrogen-bond donors (Lipinski definition) is 2. The van der Waals surface area contributed by atoms with Gasteiger partial charge in [-0.2, -0.15) is 0 Å². The van der Waals surface area contributed by atoms with E-state index in [1.54, 1.807) is 12.1 Å². The van der Waals surface area contributed by atoms with Gasteiger partial charge in [0.05, 0.1) is 19.2 Å². The Bertz CT molecular complexity index is 796. The zero-order valence-corrected chi connectivity index (χ0v) is 15.7. The van der Waals surface area contributed by atoms with Gasteiger partial charge in [-0.1, -0.05) is 12.1 Å². The summed E-state index contributed by atoms with van der Waals surface area (Å²) in [6, 6.07) is 8.27. The molecule has 0 amide bonds. The van der Waals surface area contributed by atoms with E-state index >= 15 is 0 Å². The van der Waals surface area contributed by atoms with Crippen LogP contribution in [0.25, 0.3) is 0 Å². The van der Waals surface area contributed by atoms with E-state index in [9.17, 15) is 13.2 Å². The largest absolute Gasteiger partial charge is 0.380 e. The Morgan fingerprint density at radius 1 is 1.07 bits per heavy atom. The normalized spacial score (nSPS) is 12.7. The monoisotopic (exact) mass is 379 g/mol. The lowest BCUT2D eigenvalue weighted by molar-refractivity contribution is 0.181. The highest BCUT2D eigenvalue weighted by molar-refractivity contribution is 5.80. The van der Waals surface area contributed by atoms with Gasteiger partial charge < -0.3 is 15.4 Å². The summed E-state index contributed by atoms with van der Waals surface area (Å²) in [5, 5.41) is 6.26. The van der Waals surface area contributed by atoms with Gasteiger partial charge >= 0.3 is 0 Å². The van der Waals surface area contributed by atoms with E-state index < -0.39 is 11.6 Å². The topological polar surface area (TPSA) is 45.7 Å². The van der Waals surface area contributed by atoms with Crippen molar-refractivity contribution in [3.63, 3.8) is 0 Å². The third kappa shape index (κ3) is 5.99. The number of rotatable bonds is 7. The fourth-order valence-electron chi connectivity index (χ4n) is 2.55. The zero-order chi connectivity index (χ0) is 19.8. The van der Waals surface area contributed by atoms with Crippen molar-refractivity contribution in [3.05, 3.63) is 70.5 Å². The first-order chi connectivity index (χ1) is 12.9. The minimum absolute atomic E-state index is 0.189. The van der Waals surface area contributed by atoms with Gasteiger partial charge in [-0.05, 0) is 49.2 Å². The van der Waals surface area contributed by atoms with Crippen molar-refractivity contribution in [2.75, 3.05) is 13.7 Å². The second-order valence-electron chi connectivity index (χ2n) is 6.09. The second kappa shape index (κ2) is 9.97. The molecular formula is C20H24F3N3O. The number of hydrogen-bond acceptors (Lipinski definition) is 2. The van der Waals surface area contributed by atoms with E-state index in [1.165, 1.54) is 19.2 Å². The summed E-state index contributed by atoms with van der Waals surface area (Å²) in [4.78, 5) is 4.48. The van der Waals surface area contributed by atoms with Crippen LogP contribution in [0, 0.1) is 17.5 Å². The summed E-state index contributed by atoms with van der Waals surface area (Å²) in [5.74, 6) is -1.57. The average molecular weight is 379 g/mol. The van der Waals surface area contributed by atoms with E-state index in [0.717, 1.165) is 17.7 Å². The molecule has 2 aromatic carbocycles. The standard InChI is InChI=1S/C20H24F3N3O/c1-4-24-20(26-13(2)15-6-8-18(22)19(23)10-15)25-11-14-5-7-17(21)16(9-14)12-27-3/h5-10,13H,4,11-12H2,1-3H3,(H2,24,25,26). The Balaban J connectivity index is 2.11. The van der Waals surface area contributed by atoms with E-state index in [4.69, 9.17) is 4.74 Å². The van der Waals surface area contributed by atoms with Crippen molar-refractivity contribution in [1.82, 2.24) is 10.6 Å². The zero-order valence-electron chi connectivity index (χ0n) is 15.7. The highest BCUT2D eigenvalue weighted by Crippen LogP contribution is 2.16. The third-order valence-corrected chi connectivity index (χ3v) is 3.97. The van der Waals surface area contributed by atoms with E-state index in [0.29, 0.717) is 30.2 Å². The molecule has 1 unspecified atom stereocenters. The Morgan fingerprint density at radius 3 is 2.48 bits per heavy atom. The summed E-state index contributed by atoms with van der Waals surface area (Å²) in [6.45, 7) is 4.91. The fourth-order valence-corrected chi connectivity index (χ4v) is 2.55. The smallest absolute Gasteiger partial charge is 0.192 e. The lowest BCUT2D eigenvalue weighted by Gasteiger charge is -2.18. The molecule has 2 aromatic rings. The molecule has 146 valence electrons. The number of methoxy groups -OCH3 is 1. The molecule has 0 aromatic heterocycles. The molecule has 0 saturated heterocycles. The molecule has 1 atom stereocenters. The molecule has 0 saturated carbocycles.